The first-order chi connectivity index (χ1) is 8.58. The average Bonchev–Trinajstić information content (AvgIpc) is 3.13. The molecule has 1 saturated carbocycles. The minimum absolute atomic E-state index is 0.156. The fourth-order valence-electron chi connectivity index (χ4n) is 2.13. The van der Waals surface area contributed by atoms with E-state index in [1.807, 2.05) is 10.6 Å². The second kappa shape index (κ2) is 3.95. The van der Waals surface area contributed by atoms with Gasteiger partial charge < -0.3 is 9.67 Å². The van der Waals surface area contributed by atoms with Gasteiger partial charge in [0, 0.05) is 22.1 Å². The van der Waals surface area contributed by atoms with E-state index >= 15 is 0 Å². The van der Waals surface area contributed by atoms with Crippen molar-refractivity contribution in [1.82, 2.24) is 4.57 Å². The summed E-state index contributed by atoms with van der Waals surface area (Å²) in [5, 5.41) is 9.55. The van der Waals surface area contributed by atoms with Gasteiger partial charge in [-0.25, -0.2) is 4.79 Å². The maximum Gasteiger partial charge on any atom is 0.341 e. The SMILES string of the molecule is O=C(O)c1cn(C2CC2)c2cc(Br)ccc2c1=O. The Hall–Kier alpha value is -1.62. The summed E-state index contributed by atoms with van der Waals surface area (Å²) in [6, 6.07) is 5.61. The molecule has 2 aromatic rings. The van der Waals surface area contributed by atoms with Crippen LogP contribution in [0.1, 0.15) is 29.2 Å². The molecule has 0 bridgehead atoms. The van der Waals surface area contributed by atoms with Crippen LogP contribution in [0.2, 0.25) is 0 Å². The second-order valence-electron chi connectivity index (χ2n) is 4.48. The molecule has 0 spiro atoms. The van der Waals surface area contributed by atoms with E-state index in [-0.39, 0.29) is 5.56 Å². The lowest BCUT2D eigenvalue weighted by Crippen LogP contribution is -2.18. The highest BCUT2D eigenvalue weighted by Crippen LogP contribution is 2.37. The zero-order valence-corrected chi connectivity index (χ0v) is 11.0. The number of halogens is 1. The first-order valence-corrected chi connectivity index (χ1v) is 6.45. The number of aromatic carboxylic acids is 1. The summed E-state index contributed by atoms with van der Waals surface area (Å²) in [4.78, 5) is 23.2. The molecule has 0 saturated heterocycles. The van der Waals surface area contributed by atoms with Crippen LogP contribution in [0.15, 0.2) is 33.7 Å². The minimum Gasteiger partial charge on any atom is -0.477 e. The van der Waals surface area contributed by atoms with Gasteiger partial charge in [-0.15, -0.1) is 0 Å². The quantitative estimate of drug-likeness (QED) is 0.928. The molecule has 18 heavy (non-hydrogen) atoms. The lowest BCUT2D eigenvalue weighted by Gasteiger charge is -2.11. The fourth-order valence-corrected chi connectivity index (χ4v) is 2.48. The number of rotatable bonds is 2. The zero-order valence-electron chi connectivity index (χ0n) is 9.39. The molecule has 1 N–H and O–H groups in total. The molecule has 0 amide bonds. The Bertz CT molecular complexity index is 716. The van der Waals surface area contributed by atoms with Gasteiger partial charge in [-0.3, -0.25) is 4.79 Å². The van der Waals surface area contributed by atoms with Crippen LogP contribution in [0.4, 0.5) is 0 Å². The van der Waals surface area contributed by atoms with Crippen molar-refractivity contribution in [2.75, 3.05) is 0 Å². The fraction of sp³-hybridized carbons (Fsp3) is 0.231. The van der Waals surface area contributed by atoms with Crippen LogP contribution in [-0.2, 0) is 0 Å². The molecule has 4 nitrogen and oxygen atoms in total. The van der Waals surface area contributed by atoms with Crippen molar-refractivity contribution >= 4 is 32.8 Å². The van der Waals surface area contributed by atoms with E-state index in [0.717, 1.165) is 22.8 Å². The smallest absolute Gasteiger partial charge is 0.341 e. The highest BCUT2D eigenvalue weighted by molar-refractivity contribution is 9.10. The number of carbonyl (C=O) groups is 1. The second-order valence-corrected chi connectivity index (χ2v) is 5.39. The average molecular weight is 308 g/mol. The molecule has 1 aliphatic rings. The van der Waals surface area contributed by atoms with Gasteiger partial charge in [-0.1, -0.05) is 15.9 Å². The zero-order chi connectivity index (χ0) is 12.9. The molecule has 5 heteroatoms. The third-order valence-electron chi connectivity index (χ3n) is 3.17. The Kier molecular flexibility index (Phi) is 2.52. The molecule has 1 fully saturated rings. The summed E-state index contributed by atoms with van der Waals surface area (Å²) in [5.74, 6) is -1.17. The number of carboxylic acid groups (broad SMARTS) is 1. The Morgan fingerprint density at radius 1 is 1.39 bits per heavy atom. The van der Waals surface area contributed by atoms with Crippen molar-refractivity contribution in [3.05, 3.63) is 44.7 Å². The van der Waals surface area contributed by atoms with E-state index in [2.05, 4.69) is 15.9 Å². The third kappa shape index (κ3) is 1.75. The van der Waals surface area contributed by atoms with Gasteiger partial charge in [0.15, 0.2) is 0 Å². The monoisotopic (exact) mass is 307 g/mol. The molecule has 0 aliphatic heterocycles. The first-order valence-electron chi connectivity index (χ1n) is 5.65. The molecule has 92 valence electrons. The Labute approximate surface area is 111 Å². The molecule has 1 aliphatic carbocycles. The van der Waals surface area contributed by atoms with E-state index in [9.17, 15) is 9.59 Å². The van der Waals surface area contributed by atoms with Crippen LogP contribution in [0, 0.1) is 0 Å². The van der Waals surface area contributed by atoms with Crippen molar-refractivity contribution in [2.45, 2.75) is 18.9 Å². The van der Waals surface area contributed by atoms with Gasteiger partial charge in [0.2, 0.25) is 5.43 Å². The number of pyridine rings is 1. The van der Waals surface area contributed by atoms with Crippen molar-refractivity contribution in [2.24, 2.45) is 0 Å². The maximum absolute atomic E-state index is 12.1. The van der Waals surface area contributed by atoms with Gasteiger partial charge in [-0.2, -0.15) is 0 Å². The van der Waals surface area contributed by atoms with Crippen LogP contribution in [0.25, 0.3) is 10.9 Å². The molecular formula is C13H10BrNO3. The topological polar surface area (TPSA) is 59.3 Å². The highest BCUT2D eigenvalue weighted by atomic mass is 79.9. The number of benzene rings is 1. The Balaban J connectivity index is 2.43. The van der Waals surface area contributed by atoms with E-state index < -0.39 is 11.4 Å². The van der Waals surface area contributed by atoms with E-state index in [1.165, 1.54) is 6.20 Å². The van der Waals surface area contributed by atoms with Crippen LogP contribution in [0.5, 0.6) is 0 Å². The normalized spacial score (nSPS) is 14.9. The number of hydrogen-bond acceptors (Lipinski definition) is 2. The molecule has 1 aromatic heterocycles. The highest BCUT2D eigenvalue weighted by Gasteiger charge is 2.26. The molecular weight excluding hydrogens is 298 g/mol. The number of nitrogens with zero attached hydrogens (tertiary/aromatic N) is 1. The first kappa shape index (κ1) is 11.5. The lowest BCUT2D eigenvalue weighted by atomic mass is 10.1. The molecule has 0 unspecified atom stereocenters. The number of aromatic nitrogens is 1. The Morgan fingerprint density at radius 2 is 2.11 bits per heavy atom. The molecule has 0 atom stereocenters. The number of carboxylic acids is 1. The standard InChI is InChI=1S/C13H10BrNO3/c14-7-1-4-9-11(5-7)15(8-2-3-8)6-10(12(9)16)13(17)18/h1,4-6,8H,2-3H2,(H,17,18). The summed E-state index contributed by atoms with van der Waals surface area (Å²) >= 11 is 3.38. The van der Waals surface area contributed by atoms with Crippen LogP contribution in [0.3, 0.4) is 0 Å². The van der Waals surface area contributed by atoms with E-state index in [4.69, 9.17) is 5.11 Å². The predicted octanol–water partition coefficient (Wildman–Crippen LogP) is 2.80. The minimum atomic E-state index is -1.17. The van der Waals surface area contributed by atoms with E-state index in [0.29, 0.717) is 11.4 Å². The van der Waals surface area contributed by atoms with Gasteiger partial charge in [-0.05, 0) is 31.0 Å². The van der Waals surface area contributed by atoms with Gasteiger partial charge in [0.05, 0.1) is 5.52 Å². The van der Waals surface area contributed by atoms with Crippen molar-refractivity contribution in [1.29, 1.82) is 0 Å². The predicted molar refractivity (Wildman–Crippen MR) is 71.1 cm³/mol. The largest absolute Gasteiger partial charge is 0.477 e. The van der Waals surface area contributed by atoms with Crippen molar-refractivity contribution < 1.29 is 9.90 Å². The maximum atomic E-state index is 12.1. The number of fused-ring (bicyclic) bond motifs is 1. The molecule has 1 heterocycles. The van der Waals surface area contributed by atoms with Gasteiger partial charge in [0.25, 0.3) is 0 Å². The van der Waals surface area contributed by atoms with Crippen LogP contribution < -0.4 is 5.43 Å². The van der Waals surface area contributed by atoms with Gasteiger partial charge in [0.1, 0.15) is 5.56 Å². The molecule has 0 radical (unpaired) electrons. The van der Waals surface area contributed by atoms with Crippen LogP contribution in [-0.4, -0.2) is 15.6 Å². The molecule has 3 rings (SSSR count). The summed E-state index contributed by atoms with van der Waals surface area (Å²) in [6.45, 7) is 0. The lowest BCUT2D eigenvalue weighted by molar-refractivity contribution is 0.0695. The Morgan fingerprint density at radius 3 is 2.72 bits per heavy atom. The van der Waals surface area contributed by atoms with E-state index in [1.54, 1.807) is 12.1 Å². The summed E-state index contributed by atoms with van der Waals surface area (Å²) in [7, 11) is 0. The summed E-state index contributed by atoms with van der Waals surface area (Å²) in [5.41, 5.74) is 0.223. The summed E-state index contributed by atoms with van der Waals surface area (Å²) < 4.78 is 2.79. The van der Waals surface area contributed by atoms with Crippen molar-refractivity contribution in [3.63, 3.8) is 0 Å². The van der Waals surface area contributed by atoms with Crippen molar-refractivity contribution in [3.8, 4) is 0 Å². The number of hydrogen-bond donors (Lipinski definition) is 1. The van der Waals surface area contributed by atoms with Crippen LogP contribution >= 0.6 is 15.9 Å². The summed E-state index contributed by atoms with van der Waals surface area (Å²) in [6.07, 6.45) is 3.53. The molecule has 1 aromatic carbocycles. The third-order valence-corrected chi connectivity index (χ3v) is 3.66. The van der Waals surface area contributed by atoms with Gasteiger partial charge >= 0.3 is 5.97 Å².